The fraction of sp³-hybridized carbons (Fsp3) is 0.0455. The molecule has 6 nitrogen and oxygen atoms in total. The van der Waals surface area contributed by atoms with Crippen LogP contribution in [0.4, 0.5) is 5.69 Å². The van der Waals surface area contributed by atoms with E-state index in [1.165, 1.54) is 11.8 Å². The maximum absolute atomic E-state index is 12.9. The zero-order valence-corrected chi connectivity index (χ0v) is 17.3. The lowest BCUT2D eigenvalue weighted by molar-refractivity contribution is -0.116. The van der Waals surface area contributed by atoms with Gasteiger partial charge in [0.2, 0.25) is 5.91 Å². The van der Waals surface area contributed by atoms with Crippen molar-refractivity contribution in [3.05, 3.63) is 93.7 Å². The maximum atomic E-state index is 12.9. The van der Waals surface area contributed by atoms with Crippen LogP contribution in [0.5, 0.6) is 0 Å². The van der Waals surface area contributed by atoms with Gasteiger partial charge in [0.1, 0.15) is 5.03 Å². The number of nitrogen functional groups attached to an aromatic ring is 1. The normalized spacial score (nSPS) is 10.8. The van der Waals surface area contributed by atoms with Crippen LogP contribution in [-0.4, -0.2) is 15.8 Å². The van der Waals surface area contributed by atoms with E-state index < -0.39 is 5.56 Å². The smallest absolute Gasteiger partial charge is 0.294 e. The Kier molecular flexibility index (Phi) is 5.74. The lowest BCUT2D eigenvalue weighted by atomic mass is 10.1. The zero-order chi connectivity index (χ0) is 21.1. The minimum atomic E-state index is -0.392. The first-order valence-corrected chi connectivity index (χ1v) is 10.3. The lowest BCUT2D eigenvalue weighted by Gasteiger charge is -2.12. The second kappa shape index (κ2) is 8.61. The molecule has 1 aromatic heterocycles. The average Bonchev–Trinajstić information content (AvgIpc) is 2.75. The molecule has 0 unspecified atom stereocenters. The van der Waals surface area contributed by atoms with Gasteiger partial charge in [0.05, 0.1) is 11.8 Å². The summed E-state index contributed by atoms with van der Waals surface area (Å²) in [4.78, 5) is 27.3. The number of carbonyl (C=O) groups is 1. The third-order valence-electron chi connectivity index (χ3n) is 4.37. The first-order valence-electron chi connectivity index (χ1n) is 9.09. The van der Waals surface area contributed by atoms with E-state index >= 15 is 0 Å². The van der Waals surface area contributed by atoms with Crippen molar-refractivity contribution < 1.29 is 4.79 Å². The molecule has 4 rings (SSSR count). The topological polar surface area (TPSA) is 90.0 Å². The highest BCUT2D eigenvalue weighted by molar-refractivity contribution is 7.99. The molecular formula is C22H17ClN4O2S. The van der Waals surface area contributed by atoms with Gasteiger partial charge in [-0.2, -0.15) is 0 Å². The summed E-state index contributed by atoms with van der Waals surface area (Å²) in [6.45, 7) is 0. The van der Waals surface area contributed by atoms with Crippen LogP contribution in [0.15, 0.2) is 87.5 Å². The summed E-state index contributed by atoms with van der Waals surface area (Å²) in [6.07, 6.45) is 0.0958. The van der Waals surface area contributed by atoms with E-state index in [4.69, 9.17) is 17.3 Å². The molecule has 0 radical (unpaired) electrons. The molecule has 0 spiro atoms. The third kappa shape index (κ3) is 4.48. The molecular weight excluding hydrogens is 420 g/mol. The number of nitrogens with zero attached hydrogens (tertiary/aromatic N) is 2. The standard InChI is InChI=1S/C22H17ClN4O2S/c23-15-7-5-14(6-8-15)13-20(28)25-27-22(29)19-4-2-1-3-18(19)21(26-27)30-17-11-9-16(24)10-12-17/h1-12H,13,24H2,(H,25,28). The molecule has 0 aliphatic carbocycles. The lowest BCUT2D eigenvalue weighted by Crippen LogP contribution is -2.36. The quantitative estimate of drug-likeness (QED) is 0.460. The van der Waals surface area contributed by atoms with Crippen molar-refractivity contribution in [2.24, 2.45) is 0 Å². The number of halogens is 1. The highest BCUT2D eigenvalue weighted by atomic mass is 35.5. The fourth-order valence-corrected chi connectivity index (χ4v) is 3.94. The Balaban J connectivity index is 1.66. The predicted octanol–water partition coefficient (Wildman–Crippen LogP) is 4.10. The van der Waals surface area contributed by atoms with Crippen molar-refractivity contribution in [1.82, 2.24) is 9.89 Å². The average molecular weight is 437 g/mol. The number of nitrogens with two attached hydrogens (primary N) is 1. The van der Waals surface area contributed by atoms with Crippen LogP contribution in [0.3, 0.4) is 0 Å². The van der Waals surface area contributed by atoms with Gasteiger partial charge in [-0.25, -0.2) is 5.43 Å². The summed E-state index contributed by atoms with van der Waals surface area (Å²) < 4.78 is 0. The van der Waals surface area contributed by atoms with Gasteiger partial charge in [-0.05, 0) is 48.0 Å². The molecule has 0 saturated carbocycles. The van der Waals surface area contributed by atoms with E-state index in [0.29, 0.717) is 26.5 Å². The van der Waals surface area contributed by atoms with Crippen molar-refractivity contribution in [1.29, 1.82) is 0 Å². The molecule has 3 N–H and O–H groups in total. The van der Waals surface area contributed by atoms with Crippen LogP contribution in [0.1, 0.15) is 5.56 Å². The van der Waals surface area contributed by atoms with Crippen molar-refractivity contribution in [2.75, 3.05) is 11.2 Å². The Hall–Kier alpha value is -3.29. The Labute approximate surface area is 181 Å². The molecule has 0 aliphatic heterocycles. The van der Waals surface area contributed by atoms with Crippen LogP contribution in [-0.2, 0) is 11.2 Å². The summed E-state index contributed by atoms with van der Waals surface area (Å²) in [5.41, 5.74) is 9.40. The van der Waals surface area contributed by atoms with E-state index in [9.17, 15) is 9.59 Å². The minimum Gasteiger partial charge on any atom is -0.399 e. The number of fused-ring (bicyclic) bond motifs is 1. The Morgan fingerprint density at radius 2 is 1.67 bits per heavy atom. The molecule has 0 aliphatic rings. The van der Waals surface area contributed by atoms with Gasteiger partial charge in [0.15, 0.2) is 0 Å². The Morgan fingerprint density at radius 3 is 2.37 bits per heavy atom. The van der Waals surface area contributed by atoms with Gasteiger partial charge in [-0.1, -0.05) is 53.7 Å². The van der Waals surface area contributed by atoms with Crippen molar-refractivity contribution >= 4 is 45.7 Å². The molecule has 1 amide bonds. The van der Waals surface area contributed by atoms with E-state index in [1.54, 1.807) is 48.5 Å². The molecule has 0 atom stereocenters. The van der Waals surface area contributed by atoms with Crippen LogP contribution >= 0.6 is 23.4 Å². The minimum absolute atomic E-state index is 0.0958. The molecule has 30 heavy (non-hydrogen) atoms. The number of benzene rings is 3. The number of carbonyl (C=O) groups excluding carboxylic acids is 1. The molecule has 3 aromatic carbocycles. The van der Waals surface area contributed by atoms with Crippen LogP contribution < -0.4 is 16.7 Å². The highest BCUT2D eigenvalue weighted by Crippen LogP contribution is 2.30. The summed E-state index contributed by atoms with van der Waals surface area (Å²) >= 11 is 7.27. The van der Waals surface area contributed by atoms with Gasteiger partial charge in [-0.15, -0.1) is 9.89 Å². The van der Waals surface area contributed by atoms with Gasteiger partial charge in [-0.3, -0.25) is 9.59 Å². The predicted molar refractivity (Wildman–Crippen MR) is 121 cm³/mol. The summed E-state index contributed by atoms with van der Waals surface area (Å²) in [5, 5.41) is 6.77. The summed E-state index contributed by atoms with van der Waals surface area (Å²) in [5.74, 6) is -0.356. The Morgan fingerprint density at radius 1 is 1.00 bits per heavy atom. The monoisotopic (exact) mass is 436 g/mol. The van der Waals surface area contributed by atoms with Crippen molar-refractivity contribution in [2.45, 2.75) is 16.3 Å². The van der Waals surface area contributed by atoms with Crippen molar-refractivity contribution in [3.63, 3.8) is 0 Å². The largest absolute Gasteiger partial charge is 0.399 e. The van der Waals surface area contributed by atoms with Gasteiger partial charge in [0, 0.05) is 21.0 Å². The SMILES string of the molecule is Nc1ccc(Sc2nn(NC(=O)Cc3ccc(Cl)cc3)c(=O)c3ccccc23)cc1. The Bertz CT molecular complexity index is 1270. The number of rotatable bonds is 5. The highest BCUT2D eigenvalue weighted by Gasteiger charge is 2.14. The molecule has 0 bridgehead atoms. The van der Waals surface area contributed by atoms with Gasteiger partial charge >= 0.3 is 0 Å². The van der Waals surface area contributed by atoms with Crippen LogP contribution in [0.25, 0.3) is 10.8 Å². The summed E-state index contributed by atoms with van der Waals surface area (Å²) in [6, 6.07) is 21.5. The molecule has 0 fully saturated rings. The number of nitrogens with one attached hydrogen (secondary N) is 1. The number of amides is 1. The van der Waals surface area contributed by atoms with E-state index in [-0.39, 0.29) is 12.3 Å². The van der Waals surface area contributed by atoms with Crippen LogP contribution in [0.2, 0.25) is 5.02 Å². The molecule has 1 heterocycles. The first kappa shape index (κ1) is 20.0. The number of hydrogen-bond acceptors (Lipinski definition) is 5. The zero-order valence-electron chi connectivity index (χ0n) is 15.7. The molecule has 4 aromatic rings. The van der Waals surface area contributed by atoms with Gasteiger partial charge in [0.25, 0.3) is 5.56 Å². The maximum Gasteiger partial charge on any atom is 0.294 e. The van der Waals surface area contributed by atoms with Gasteiger partial charge < -0.3 is 5.73 Å². The van der Waals surface area contributed by atoms with Crippen molar-refractivity contribution in [3.8, 4) is 0 Å². The number of anilines is 1. The fourth-order valence-electron chi connectivity index (χ4n) is 2.90. The second-order valence-corrected chi connectivity index (χ2v) is 8.08. The second-order valence-electron chi connectivity index (χ2n) is 6.58. The number of aromatic nitrogens is 2. The molecule has 150 valence electrons. The first-order chi connectivity index (χ1) is 14.5. The molecule has 8 heteroatoms. The summed E-state index contributed by atoms with van der Waals surface area (Å²) in [7, 11) is 0. The van der Waals surface area contributed by atoms with E-state index in [2.05, 4.69) is 10.5 Å². The van der Waals surface area contributed by atoms with Crippen LogP contribution in [0, 0.1) is 0 Å². The molecule has 0 saturated heterocycles. The van der Waals surface area contributed by atoms with E-state index in [1.807, 2.05) is 24.3 Å². The van der Waals surface area contributed by atoms with E-state index in [0.717, 1.165) is 15.2 Å². The number of hydrogen-bond donors (Lipinski definition) is 2. The third-order valence-corrected chi connectivity index (χ3v) is 5.63.